The van der Waals surface area contributed by atoms with Crippen LogP contribution in [0.25, 0.3) is 22.6 Å². The number of carbonyl (C=O) groups is 1. The van der Waals surface area contributed by atoms with Crippen molar-refractivity contribution in [1.82, 2.24) is 9.97 Å². The predicted molar refractivity (Wildman–Crippen MR) is 109 cm³/mol. The van der Waals surface area contributed by atoms with Crippen molar-refractivity contribution in [3.05, 3.63) is 76.0 Å². The number of nitrogens with one attached hydrogen (secondary N) is 1. The van der Waals surface area contributed by atoms with Crippen molar-refractivity contribution in [2.24, 2.45) is 0 Å². The number of fused-ring (bicyclic) bond motifs is 1. The van der Waals surface area contributed by atoms with E-state index in [1.807, 2.05) is 18.2 Å². The van der Waals surface area contributed by atoms with Gasteiger partial charge >= 0.3 is 0 Å². The van der Waals surface area contributed by atoms with Gasteiger partial charge in [-0.1, -0.05) is 23.7 Å². The van der Waals surface area contributed by atoms with E-state index in [1.165, 1.54) is 0 Å². The molecule has 27 heavy (non-hydrogen) atoms. The van der Waals surface area contributed by atoms with E-state index >= 15 is 0 Å². The molecule has 4 rings (SSSR count). The molecule has 0 unspecified atom stereocenters. The van der Waals surface area contributed by atoms with Gasteiger partial charge in [-0.2, -0.15) is 0 Å². The lowest BCUT2D eigenvalue weighted by Gasteiger charge is -2.05. The number of aromatic nitrogens is 2. The zero-order valence-corrected chi connectivity index (χ0v) is 16.3. The second-order valence-electron chi connectivity index (χ2n) is 5.94. The van der Waals surface area contributed by atoms with Gasteiger partial charge in [0.1, 0.15) is 5.52 Å². The van der Waals surface area contributed by atoms with Gasteiger partial charge in [0.15, 0.2) is 5.58 Å². The monoisotopic (exact) mass is 441 g/mol. The molecule has 2 aromatic carbocycles. The SMILES string of the molecule is O=C(Cc1ccc(Cl)cc1)Nc1ccc2oc(-c3cncc(Br)c3)nc2c1. The summed E-state index contributed by atoms with van der Waals surface area (Å²) in [5.74, 6) is 0.361. The van der Waals surface area contributed by atoms with Crippen molar-refractivity contribution >= 4 is 50.2 Å². The second-order valence-corrected chi connectivity index (χ2v) is 7.30. The summed E-state index contributed by atoms with van der Waals surface area (Å²) in [4.78, 5) is 20.9. The number of benzene rings is 2. The van der Waals surface area contributed by atoms with E-state index in [4.69, 9.17) is 16.0 Å². The highest BCUT2D eigenvalue weighted by molar-refractivity contribution is 9.10. The van der Waals surface area contributed by atoms with E-state index in [9.17, 15) is 4.79 Å². The molecule has 2 aromatic heterocycles. The number of oxazole rings is 1. The van der Waals surface area contributed by atoms with E-state index in [1.54, 1.807) is 42.7 Å². The Kier molecular flexibility index (Phi) is 4.92. The molecule has 2 heterocycles. The smallest absolute Gasteiger partial charge is 0.228 e. The minimum atomic E-state index is -0.114. The van der Waals surface area contributed by atoms with Gasteiger partial charge in [0.25, 0.3) is 0 Å². The van der Waals surface area contributed by atoms with Crippen LogP contribution < -0.4 is 5.32 Å². The maximum Gasteiger partial charge on any atom is 0.228 e. The Labute approximate surface area is 168 Å². The standard InChI is InChI=1S/C20H13BrClN3O2/c21-14-8-13(10-23-11-14)20-25-17-9-16(5-6-18(17)27-20)24-19(26)7-12-1-3-15(22)4-2-12/h1-6,8-11H,7H2,(H,24,26). The Hall–Kier alpha value is -2.70. The Morgan fingerprint density at radius 1 is 1.11 bits per heavy atom. The molecule has 0 aliphatic heterocycles. The lowest BCUT2D eigenvalue weighted by atomic mass is 10.1. The van der Waals surface area contributed by atoms with Crippen LogP contribution in [-0.4, -0.2) is 15.9 Å². The molecule has 0 bridgehead atoms. The summed E-state index contributed by atoms with van der Waals surface area (Å²) in [6.07, 6.45) is 3.65. The van der Waals surface area contributed by atoms with Crippen LogP contribution in [0.5, 0.6) is 0 Å². The number of rotatable bonds is 4. The summed E-state index contributed by atoms with van der Waals surface area (Å²) in [5.41, 5.74) is 3.63. The fourth-order valence-electron chi connectivity index (χ4n) is 2.65. The zero-order chi connectivity index (χ0) is 18.8. The highest BCUT2D eigenvalue weighted by atomic mass is 79.9. The summed E-state index contributed by atoms with van der Waals surface area (Å²) >= 11 is 9.25. The highest BCUT2D eigenvalue weighted by Gasteiger charge is 2.11. The largest absolute Gasteiger partial charge is 0.436 e. The first-order chi connectivity index (χ1) is 13.1. The molecule has 0 atom stereocenters. The number of nitrogens with zero attached hydrogens (tertiary/aromatic N) is 2. The lowest BCUT2D eigenvalue weighted by molar-refractivity contribution is -0.115. The number of hydrogen-bond donors (Lipinski definition) is 1. The first kappa shape index (κ1) is 17.7. The van der Waals surface area contributed by atoms with E-state index in [0.717, 1.165) is 15.6 Å². The van der Waals surface area contributed by atoms with Gasteiger partial charge < -0.3 is 9.73 Å². The second kappa shape index (κ2) is 7.50. The van der Waals surface area contributed by atoms with Gasteiger partial charge in [-0.3, -0.25) is 9.78 Å². The van der Waals surface area contributed by atoms with E-state index in [-0.39, 0.29) is 12.3 Å². The summed E-state index contributed by atoms with van der Waals surface area (Å²) in [5, 5.41) is 3.53. The topological polar surface area (TPSA) is 68.0 Å². The van der Waals surface area contributed by atoms with Crippen molar-refractivity contribution in [2.75, 3.05) is 5.32 Å². The molecule has 0 fully saturated rings. The minimum absolute atomic E-state index is 0.114. The van der Waals surface area contributed by atoms with Gasteiger partial charge in [0.2, 0.25) is 11.8 Å². The third-order valence-electron chi connectivity index (χ3n) is 3.90. The number of halogens is 2. The first-order valence-electron chi connectivity index (χ1n) is 8.13. The third-order valence-corrected chi connectivity index (χ3v) is 4.59. The molecule has 0 spiro atoms. The Balaban J connectivity index is 1.53. The third kappa shape index (κ3) is 4.18. The van der Waals surface area contributed by atoms with Crippen LogP contribution in [0, 0.1) is 0 Å². The quantitative estimate of drug-likeness (QED) is 0.454. The number of anilines is 1. The first-order valence-corrected chi connectivity index (χ1v) is 9.30. The number of carbonyl (C=O) groups excluding carboxylic acids is 1. The molecule has 0 aliphatic rings. The maximum absolute atomic E-state index is 12.3. The summed E-state index contributed by atoms with van der Waals surface area (Å²) < 4.78 is 6.62. The number of amides is 1. The molecule has 5 nitrogen and oxygen atoms in total. The number of hydrogen-bond acceptors (Lipinski definition) is 4. The lowest BCUT2D eigenvalue weighted by Crippen LogP contribution is -2.14. The summed E-state index contributed by atoms with van der Waals surface area (Å²) in [6, 6.07) is 14.4. The van der Waals surface area contributed by atoms with Crippen LogP contribution in [0.2, 0.25) is 5.02 Å². The van der Waals surface area contributed by atoms with Crippen molar-refractivity contribution < 1.29 is 9.21 Å². The molecule has 0 saturated carbocycles. The van der Waals surface area contributed by atoms with Crippen LogP contribution >= 0.6 is 27.5 Å². The van der Waals surface area contributed by atoms with E-state index in [2.05, 4.69) is 31.2 Å². The fraction of sp³-hybridized carbons (Fsp3) is 0.0500. The fourth-order valence-corrected chi connectivity index (χ4v) is 3.14. The summed E-state index contributed by atoms with van der Waals surface area (Å²) in [7, 11) is 0. The van der Waals surface area contributed by atoms with Crippen LogP contribution in [0.4, 0.5) is 5.69 Å². The Bertz CT molecular complexity index is 1130. The van der Waals surface area contributed by atoms with Gasteiger partial charge in [-0.25, -0.2) is 4.98 Å². The maximum atomic E-state index is 12.3. The molecular formula is C20H13BrClN3O2. The number of pyridine rings is 1. The van der Waals surface area contributed by atoms with Gasteiger partial charge in [0, 0.05) is 27.6 Å². The molecule has 1 amide bonds. The average Bonchev–Trinajstić information content (AvgIpc) is 3.07. The van der Waals surface area contributed by atoms with E-state index < -0.39 is 0 Å². The van der Waals surface area contributed by atoms with Crippen molar-refractivity contribution in [3.8, 4) is 11.5 Å². The summed E-state index contributed by atoms with van der Waals surface area (Å²) in [6.45, 7) is 0. The van der Waals surface area contributed by atoms with Crippen molar-refractivity contribution in [3.63, 3.8) is 0 Å². The highest BCUT2D eigenvalue weighted by Crippen LogP contribution is 2.27. The normalized spacial score (nSPS) is 10.9. The zero-order valence-electron chi connectivity index (χ0n) is 13.9. The van der Waals surface area contributed by atoms with E-state index in [0.29, 0.717) is 27.7 Å². The molecule has 0 aliphatic carbocycles. The minimum Gasteiger partial charge on any atom is -0.436 e. The molecule has 134 valence electrons. The van der Waals surface area contributed by atoms with Crippen LogP contribution in [0.1, 0.15) is 5.56 Å². The predicted octanol–water partition coefficient (Wildman–Crippen LogP) is 5.49. The van der Waals surface area contributed by atoms with Crippen LogP contribution in [0.3, 0.4) is 0 Å². The molecule has 4 aromatic rings. The molecular weight excluding hydrogens is 430 g/mol. The average molecular weight is 443 g/mol. The van der Waals surface area contributed by atoms with Crippen LogP contribution in [0.15, 0.2) is 69.8 Å². The molecule has 7 heteroatoms. The Morgan fingerprint density at radius 2 is 1.93 bits per heavy atom. The Morgan fingerprint density at radius 3 is 2.70 bits per heavy atom. The molecule has 1 N–H and O–H groups in total. The molecule has 0 saturated heterocycles. The van der Waals surface area contributed by atoms with Crippen molar-refractivity contribution in [2.45, 2.75) is 6.42 Å². The molecule has 0 radical (unpaired) electrons. The van der Waals surface area contributed by atoms with Gasteiger partial charge in [-0.15, -0.1) is 0 Å². The van der Waals surface area contributed by atoms with Gasteiger partial charge in [0.05, 0.1) is 12.0 Å². The van der Waals surface area contributed by atoms with Gasteiger partial charge in [-0.05, 0) is 57.9 Å². The van der Waals surface area contributed by atoms with Crippen molar-refractivity contribution in [1.29, 1.82) is 0 Å². The van der Waals surface area contributed by atoms with Crippen LogP contribution in [-0.2, 0) is 11.2 Å².